The fourth-order valence-corrected chi connectivity index (χ4v) is 3.51. The van der Waals surface area contributed by atoms with Crippen molar-refractivity contribution in [1.82, 2.24) is 24.9 Å². The van der Waals surface area contributed by atoms with E-state index >= 15 is 0 Å². The van der Waals surface area contributed by atoms with E-state index in [1.807, 2.05) is 38.1 Å². The summed E-state index contributed by atoms with van der Waals surface area (Å²) in [7, 11) is 0. The molecule has 1 atom stereocenters. The Labute approximate surface area is 151 Å². The van der Waals surface area contributed by atoms with E-state index in [-0.39, 0.29) is 11.9 Å². The van der Waals surface area contributed by atoms with Gasteiger partial charge < -0.3 is 10.1 Å². The van der Waals surface area contributed by atoms with Gasteiger partial charge in [-0.2, -0.15) is 10.1 Å². The van der Waals surface area contributed by atoms with E-state index in [4.69, 9.17) is 4.74 Å². The van der Waals surface area contributed by atoms with Gasteiger partial charge in [-0.3, -0.25) is 4.79 Å². The van der Waals surface area contributed by atoms with Crippen molar-refractivity contribution in [3.8, 4) is 5.75 Å². The number of rotatable bonds is 4. The maximum absolute atomic E-state index is 12.5. The predicted octanol–water partition coefficient (Wildman–Crippen LogP) is 2.31. The van der Waals surface area contributed by atoms with Crippen LogP contribution in [0.4, 0.5) is 0 Å². The van der Waals surface area contributed by atoms with Crippen LogP contribution in [0.3, 0.4) is 0 Å². The quantitative estimate of drug-likeness (QED) is 0.780. The number of para-hydroxylation sites is 1. The van der Waals surface area contributed by atoms with Crippen molar-refractivity contribution in [2.45, 2.75) is 39.2 Å². The Morgan fingerprint density at radius 2 is 2.19 bits per heavy atom. The van der Waals surface area contributed by atoms with Gasteiger partial charge in [0.1, 0.15) is 12.1 Å². The number of hydrogen-bond donors (Lipinski definition) is 1. The molecule has 0 fully saturated rings. The van der Waals surface area contributed by atoms with Crippen molar-refractivity contribution in [3.05, 3.63) is 53.1 Å². The number of fused-ring (bicyclic) bond motifs is 2. The minimum Gasteiger partial charge on any atom is -0.493 e. The van der Waals surface area contributed by atoms with E-state index in [1.165, 1.54) is 6.33 Å². The SMILES string of the molecule is Cc1nc2ncnn2c(C)c1CCC(=O)N[C@@H]1CCOc2ccccc21. The normalized spacial score (nSPS) is 16.2. The molecule has 7 nitrogen and oxygen atoms in total. The third-order valence-corrected chi connectivity index (χ3v) is 4.88. The summed E-state index contributed by atoms with van der Waals surface area (Å²) in [5, 5.41) is 7.34. The molecule has 1 aromatic carbocycles. The molecule has 0 saturated carbocycles. The Hall–Kier alpha value is -2.96. The second-order valence-corrected chi connectivity index (χ2v) is 6.53. The molecular formula is C19H21N5O2. The largest absolute Gasteiger partial charge is 0.493 e. The molecule has 26 heavy (non-hydrogen) atoms. The predicted molar refractivity (Wildman–Crippen MR) is 96.0 cm³/mol. The first-order valence-electron chi connectivity index (χ1n) is 8.80. The molecule has 0 bridgehead atoms. The standard InChI is InChI=1S/C19H21N5O2/c1-12-14(13(2)24-19(22-12)20-11-21-24)7-8-18(25)23-16-9-10-26-17-6-4-3-5-15(16)17/h3-6,11,16H,7-10H2,1-2H3,(H,23,25)/t16-/m1/s1. The zero-order valence-electron chi connectivity index (χ0n) is 14.9. The van der Waals surface area contributed by atoms with Gasteiger partial charge in [0.25, 0.3) is 5.78 Å². The number of aromatic nitrogens is 4. The van der Waals surface area contributed by atoms with Crippen molar-refractivity contribution >= 4 is 11.7 Å². The van der Waals surface area contributed by atoms with Gasteiger partial charge in [0.15, 0.2) is 0 Å². The summed E-state index contributed by atoms with van der Waals surface area (Å²) in [6.07, 6.45) is 3.31. The summed E-state index contributed by atoms with van der Waals surface area (Å²) in [4.78, 5) is 21.1. The Kier molecular flexibility index (Phi) is 4.28. The molecule has 4 rings (SSSR count). The number of ether oxygens (including phenoxy) is 1. The minimum atomic E-state index is 0.00515. The van der Waals surface area contributed by atoms with E-state index in [0.29, 0.717) is 25.2 Å². The van der Waals surface area contributed by atoms with Gasteiger partial charge >= 0.3 is 0 Å². The molecule has 1 amide bonds. The van der Waals surface area contributed by atoms with Crippen LogP contribution in [0, 0.1) is 13.8 Å². The molecular weight excluding hydrogens is 330 g/mol. The van der Waals surface area contributed by atoms with Crippen molar-refractivity contribution < 1.29 is 9.53 Å². The molecule has 3 heterocycles. The highest BCUT2D eigenvalue weighted by Gasteiger charge is 2.22. The van der Waals surface area contributed by atoms with Crippen LogP contribution in [0.25, 0.3) is 5.78 Å². The lowest BCUT2D eigenvalue weighted by Crippen LogP contribution is -2.32. The van der Waals surface area contributed by atoms with Crippen molar-refractivity contribution in [2.75, 3.05) is 6.61 Å². The highest BCUT2D eigenvalue weighted by molar-refractivity contribution is 5.77. The van der Waals surface area contributed by atoms with E-state index < -0.39 is 0 Å². The fourth-order valence-electron chi connectivity index (χ4n) is 3.51. The van der Waals surface area contributed by atoms with Crippen LogP contribution in [0.5, 0.6) is 5.75 Å². The number of nitrogens with zero attached hydrogens (tertiary/aromatic N) is 4. The molecule has 134 valence electrons. The fraction of sp³-hybridized carbons (Fsp3) is 0.368. The summed E-state index contributed by atoms with van der Waals surface area (Å²) in [5.41, 5.74) is 3.97. The Morgan fingerprint density at radius 3 is 3.08 bits per heavy atom. The molecule has 7 heteroatoms. The first-order chi connectivity index (χ1) is 12.6. The molecule has 0 saturated heterocycles. The number of nitrogens with one attached hydrogen (secondary N) is 1. The molecule has 3 aromatic rings. The van der Waals surface area contributed by atoms with Crippen LogP contribution in [-0.4, -0.2) is 32.1 Å². The molecule has 0 unspecified atom stereocenters. The van der Waals surface area contributed by atoms with Crippen molar-refractivity contribution in [2.24, 2.45) is 0 Å². The third kappa shape index (κ3) is 3.00. The van der Waals surface area contributed by atoms with E-state index in [9.17, 15) is 4.79 Å². The van der Waals surface area contributed by atoms with Crippen LogP contribution in [0.15, 0.2) is 30.6 Å². The van der Waals surface area contributed by atoms with Gasteiger partial charge in [0.05, 0.1) is 12.6 Å². The van der Waals surface area contributed by atoms with E-state index in [2.05, 4.69) is 20.4 Å². The first-order valence-corrected chi connectivity index (χ1v) is 8.80. The van der Waals surface area contributed by atoms with Crippen LogP contribution >= 0.6 is 0 Å². The monoisotopic (exact) mass is 351 g/mol. The lowest BCUT2D eigenvalue weighted by atomic mass is 10.00. The minimum absolute atomic E-state index is 0.00515. The number of aryl methyl sites for hydroxylation is 2. The second kappa shape index (κ2) is 6.74. The topological polar surface area (TPSA) is 81.4 Å². The van der Waals surface area contributed by atoms with Gasteiger partial charge in [-0.05, 0) is 31.9 Å². The molecule has 1 aliphatic heterocycles. The number of hydrogen-bond acceptors (Lipinski definition) is 5. The van der Waals surface area contributed by atoms with Gasteiger partial charge in [-0.1, -0.05) is 18.2 Å². The smallest absolute Gasteiger partial charge is 0.252 e. The maximum Gasteiger partial charge on any atom is 0.252 e. The number of benzene rings is 1. The lowest BCUT2D eigenvalue weighted by molar-refractivity contribution is -0.122. The van der Waals surface area contributed by atoms with Crippen molar-refractivity contribution in [1.29, 1.82) is 0 Å². The average Bonchev–Trinajstić information content (AvgIpc) is 3.10. The van der Waals surface area contributed by atoms with Crippen LogP contribution < -0.4 is 10.1 Å². The number of carbonyl (C=O) groups excluding carboxylic acids is 1. The van der Waals surface area contributed by atoms with E-state index in [0.717, 1.165) is 34.7 Å². The summed E-state index contributed by atoms with van der Waals surface area (Å²) < 4.78 is 7.37. The molecule has 0 aliphatic carbocycles. The van der Waals surface area contributed by atoms with E-state index in [1.54, 1.807) is 4.52 Å². The van der Waals surface area contributed by atoms with Crippen LogP contribution in [0.1, 0.15) is 41.4 Å². The molecule has 1 N–H and O–H groups in total. The second-order valence-electron chi connectivity index (χ2n) is 6.53. The summed E-state index contributed by atoms with van der Waals surface area (Å²) in [5.74, 6) is 1.48. The zero-order chi connectivity index (χ0) is 18.1. The molecule has 0 radical (unpaired) electrons. The number of amides is 1. The van der Waals surface area contributed by atoms with Crippen LogP contribution in [0.2, 0.25) is 0 Å². The maximum atomic E-state index is 12.5. The Morgan fingerprint density at radius 1 is 1.35 bits per heavy atom. The van der Waals surface area contributed by atoms with Gasteiger partial charge in [0.2, 0.25) is 5.91 Å². The van der Waals surface area contributed by atoms with Crippen molar-refractivity contribution in [3.63, 3.8) is 0 Å². The van der Waals surface area contributed by atoms with Gasteiger partial charge in [0, 0.05) is 29.8 Å². The van der Waals surface area contributed by atoms with Gasteiger partial charge in [-0.15, -0.1) is 0 Å². The lowest BCUT2D eigenvalue weighted by Gasteiger charge is -2.26. The Bertz CT molecular complexity index is 966. The molecule has 2 aromatic heterocycles. The molecule has 0 spiro atoms. The third-order valence-electron chi connectivity index (χ3n) is 4.88. The summed E-state index contributed by atoms with van der Waals surface area (Å²) in [6, 6.07) is 7.88. The average molecular weight is 351 g/mol. The summed E-state index contributed by atoms with van der Waals surface area (Å²) in [6.45, 7) is 4.55. The van der Waals surface area contributed by atoms with Crippen LogP contribution in [-0.2, 0) is 11.2 Å². The zero-order valence-corrected chi connectivity index (χ0v) is 14.9. The number of carbonyl (C=O) groups is 1. The Balaban J connectivity index is 1.45. The highest BCUT2D eigenvalue weighted by Crippen LogP contribution is 2.31. The molecule has 1 aliphatic rings. The first kappa shape index (κ1) is 16.5. The summed E-state index contributed by atoms with van der Waals surface area (Å²) >= 11 is 0. The highest BCUT2D eigenvalue weighted by atomic mass is 16.5. The van der Waals surface area contributed by atoms with Gasteiger partial charge in [-0.25, -0.2) is 9.50 Å².